The predicted molar refractivity (Wildman–Crippen MR) is 84.5 cm³/mol. The second-order valence-electron chi connectivity index (χ2n) is 6.44. The molecular weight excluding hydrogens is 311 g/mol. The van der Waals surface area contributed by atoms with Crippen molar-refractivity contribution in [3.05, 3.63) is 41.5 Å². The maximum absolute atomic E-state index is 13.8. The van der Waals surface area contributed by atoms with Crippen molar-refractivity contribution in [3.63, 3.8) is 0 Å². The predicted octanol–water partition coefficient (Wildman–Crippen LogP) is 2.39. The summed E-state index contributed by atoms with van der Waals surface area (Å²) in [7, 11) is 1.40. The summed E-state index contributed by atoms with van der Waals surface area (Å²) in [4.78, 5) is 14.3. The maximum atomic E-state index is 13.8. The number of benzene rings is 1. The highest BCUT2D eigenvalue weighted by atomic mass is 19.1. The molecule has 1 aliphatic heterocycles. The van der Waals surface area contributed by atoms with Crippen molar-refractivity contribution in [1.29, 1.82) is 0 Å². The summed E-state index contributed by atoms with van der Waals surface area (Å²) >= 11 is 0. The first-order chi connectivity index (χ1) is 11.7. The second-order valence-corrected chi connectivity index (χ2v) is 6.44. The van der Waals surface area contributed by atoms with Crippen LogP contribution in [0.3, 0.4) is 0 Å². The molecule has 0 N–H and O–H groups in total. The molecule has 24 heavy (non-hydrogen) atoms. The van der Waals surface area contributed by atoms with Crippen LogP contribution in [0.2, 0.25) is 0 Å². The van der Waals surface area contributed by atoms with E-state index < -0.39 is 5.82 Å². The van der Waals surface area contributed by atoms with E-state index in [-0.39, 0.29) is 17.7 Å². The average molecular weight is 330 g/mol. The van der Waals surface area contributed by atoms with Crippen LogP contribution in [0, 0.1) is 5.82 Å². The summed E-state index contributed by atoms with van der Waals surface area (Å²) in [6.45, 7) is 1.20. The number of amides is 1. The lowest BCUT2D eigenvalue weighted by molar-refractivity contribution is 0.0786. The van der Waals surface area contributed by atoms with E-state index in [9.17, 15) is 9.18 Å². The van der Waals surface area contributed by atoms with E-state index in [2.05, 4.69) is 10.3 Å². The van der Waals surface area contributed by atoms with Crippen molar-refractivity contribution in [1.82, 2.24) is 19.9 Å². The van der Waals surface area contributed by atoms with Crippen LogP contribution < -0.4 is 4.74 Å². The molecule has 2 heterocycles. The van der Waals surface area contributed by atoms with E-state index in [1.165, 1.54) is 32.1 Å². The molecule has 1 saturated heterocycles. The molecule has 0 spiro atoms. The lowest BCUT2D eigenvalue weighted by atomic mass is 10.2. The van der Waals surface area contributed by atoms with Crippen LogP contribution in [0.15, 0.2) is 24.4 Å². The van der Waals surface area contributed by atoms with Crippen LogP contribution in [0.4, 0.5) is 4.39 Å². The van der Waals surface area contributed by atoms with E-state index in [1.807, 2.05) is 10.9 Å². The standard InChI is InChI=1S/C17H19FN4O2/c1-24-16-5-4-12(8-14(16)18)17(23)21-7-6-13(9-21)22-10-15(19-20-22)11-2-3-11/h4-5,8,10-11,13H,2-3,6-7,9H2,1H3/t13-/m0/s1. The van der Waals surface area contributed by atoms with Gasteiger partial charge in [-0.1, -0.05) is 5.21 Å². The van der Waals surface area contributed by atoms with Gasteiger partial charge in [0.05, 0.1) is 18.8 Å². The summed E-state index contributed by atoms with van der Waals surface area (Å²) in [5.74, 6) is 0.0206. The van der Waals surface area contributed by atoms with Gasteiger partial charge >= 0.3 is 0 Å². The average Bonchev–Trinajstić information content (AvgIpc) is 3.12. The van der Waals surface area contributed by atoms with E-state index in [1.54, 1.807) is 11.0 Å². The molecule has 1 atom stereocenters. The number of nitrogens with zero attached hydrogens (tertiary/aromatic N) is 4. The van der Waals surface area contributed by atoms with Gasteiger partial charge in [-0.25, -0.2) is 9.07 Å². The first-order valence-corrected chi connectivity index (χ1v) is 8.20. The molecular formula is C17H19FN4O2. The minimum absolute atomic E-state index is 0.136. The fraction of sp³-hybridized carbons (Fsp3) is 0.471. The van der Waals surface area contributed by atoms with Crippen molar-refractivity contribution < 1.29 is 13.9 Å². The molecule has 2 fully saturated rings. The Balaban J connectivity index is 1.45. The highest BCUT2D eigenvalue weighted by Crippen LogP contribution is 2.39. The summed E-state index contributed by atoms with van der Waals surface area (Å²) in [5, 5.41) is 8.44. The lowest BCUT2D eigenvalue weighted by Gasteiger charge is -2.17. The highest BCUT2D eigenvalue weighted by Gasteiger charge is 2.31. The Labute approximate surface area is 139 Å². The molecule has 0 radical (unpaired) electrons. The van der Waals surface area contributed by atoms with Crippen molar-refractivity contribution in [2.45, 2.75) is 31.2 Å². The van der Waals surface area contributed by atoms with Gasteiger partial charge in [0.25, 0.3) is 5.91 Å². The van der Waals surface area contributed by atoms with Gasteiger partial charge in [0, 0.05) is 30.8 Å². The fourth-order valence-electron chi connectivity index (χ4n) is 3.16. The number of hydrogen-bond acceptors (Lipinski definition) is 4. The van der Waals surface area contributed by atoms with Crippen molar-refractivity contribution in [2.75, 3.05) is 20.2 Å². The zero-order chi connectivity index (χ0) is 16.7. The number of aromatic nitrogens is 3. The summed E-state index contributed by atoms with van der Waals surface area (Å²) in [6.07, 6.45) is 5.22. The molecule has 1 aromatic heterocycles. The Hall–Kier alpha value is -2.44. The maximum Gasteiger partial charge on any atom is 0.254 e. The van der Waals surface area contributed by atoms with Gasteiger partial charge < -0.3 is 9.64 Å². The van der Waals surface area contributed by atoms with Gasteiger partial charge in [-0.2, -0.15) is 0 Å². The molecule has 0 unspecified atom stereocenters. The molecule has 1 saturated carbocycles. The molecule has 1 aliphatic carbocycles. The van der Waals surface area contributed by atoms with Gasteiger partial charge in [0.2, 0.25) is 0 Å². The summed E-state index contributed by atoms with van der Waals surface area (Å²) < 4.78 is 20.6. The van der Waals surface area contributed by atoms with Crippen LogP contribution in [0.25, 0.3) is 0 Å². The largest absolute Gasteiger partial charge is 0.494 e. The minimum Gasteiger partial charge on any atom is -0.494 e. The number of likely N-dealkylation sites (tertiary alicyclic amines) is 1. The third kappa shape index (κ3) is 2.74. The topological polar surface area (TPSA) is 60.2 Å². The summed E-state index contributed by atoms with van der Waals surface area (Å²) in [5.41, 5.74) is 1.39. The zero-order valence-electron chi connectivity index (χ0n) is 13.5. The number of ether oxygens (including phenoxy) is 1. The third-order valence-corrected chi connectivity index (χ3v) is 4.75. The first kappa shape index (κ1) is 15.1. The van der Waals surface area contributed by atoms with Crippen LogP contribution in [-0.2, 0) is 0 Å². The van der Waals surface area contributed by atoms with Crippen molar-refractivity contribution >= 4 is 5.91 Å². The second kappa shape index (κ2) is 5.89. The number of carbonyl (C=O) groups is 1. The third-order valence-electron chi connectivity index (χ3n) is 4.75. The van der Waals surface area contributed by atoms with Crippen LogP contribution in [0.1, 0.15) is 47.3 Å². The van der Waals surface area contributed by atoms with Crippen molar-refractivity contribution in [3.8, 4) is 5.75 Å². The Morgan fingerprint density at radius 2 is 2.17 bits per heavy atom. The molecule has 4 rings (SSSR count). The van der Waals surface area contributed by atoms with Gasteiger partial charge in [-0.15, -0.1) is 5.10 Å². The molecule has 7 heteroatoms. The van der Waals surface area contributed by atoms with Gasteiger partial charge in [0.15, 0.2) is 11.6 Å². The molecule has 0 bridgehead atoms. The Kier molecular flexibility index (Phi) is 3.70. The smallest absolute Gasteiger partial charge is 0.254 e. The minimum atomic E-state index is -0.524. The molecule has 126 valence electrons. The Morgan fingerprint density at radius 3 is 2.88 bits per heavy atom. The van der Waals surface area contributed by atoms with E-state index in [0.717, 1.165) is 12.1 Å². The lowest BCUT2D eigenvalue weighted by Crippen LogP contribution is -2.29. The monoisotopic (exact) mass is 330 g/mol. The normalized spacial score (nSPS) is 20.4. The van der Waals surface area contributed by atoms with Gasteiger partial charge in [-0.05, 0) is 37.5 Å². The van der Waals surface area contributed by atoms with Crippen molar-refractivity contribution in [2.24, 2.45) is 0 Å². The van der Waals surface area contributed by atoms with Gasteiger partial charge in [-0.3, -0.25) is 4.79 Å². The molecule has 2 aromatic rings. The van der Waals surface area contributed by atoms with Crippen LogP contribution >= 0.6 is 0 Å². The number of hydrogen-bond donors (Lipinski definition) is 0. The van der Waals surface area contributed by atoms with Gasteiger partial charge in [0.1, 0.15) is 0 Å². The highest BCUT2D eigenvalue weighted by molar-refractivity contribution is 5.94. The number of carbonyl (C=O) groups excluding carboxylic acids is 1. The molecule has 2 aliphatic rings. The van der Waals surface area contributed by atoms with E-state index >= 15 is 0 Å². The summed E-state index contributed by atoms with van der Waals surface area (Å²) in [6, 6.07) is 4.44. The van der Waals surface area contributed by atoms with Crippen LogP contribution in [0.5, 0.6) is 5.75 Å². The molecule has 1 amide bonds. The fourth-order valence-corrected chi connectivity index (χ4v) is 3.16. The van der Waals surface area contributed by atoms with E-state index in [4.69, 9.17) is 4.74 Å². The molecule has 1 aromatic carbocycles. The zero-order valence-corrected chi connectivity index (χ0v) is 13.5. The molecule has 6 nitrogen and oxygen atoms in total. The van der Waals surface area contributed by atoms with E-state index in [0.29, 0.717) is 24.6 Å². The Morgan fingerprint density at radius 1 is 1.33 bits per heavy atom. The quantitative estimate of drug-likeness (QED) is 0.864. The van der Waals surface area contributed by atoms with Crippen LogP contribution in [-0.4, -0.2) is 46.0 Å². The Bertz CT molecular complexity index is 772. The SMILES string of the molecule is COc1ccc(C(=O)N2CC[C@H](n3cc(C4CC4)nn3)C2)cc1F. The first-order valence-electron chi connectivity index (χ1n) is 8.20. The number of methoxy groups -OCH3 is 1. The number of rotatable bonds is 4. The number of halogens is 1.